The van der Waals surface area contributed by atoms with Gasteiger partial charge in [-0.3, -0.25) is 9.69 Å². The van der Waals surface area contributed by atoms with Crippen LogP contribution in [0.15, 0.2) is 0 Å². The Morgan fingerprint density at radius 2 is 2.08 bits per heavy atom. The second-order valence-corrected chi connectivity index (χ2v) is 3.23. The molecule has 0 saturated carbocycles. The minimum absolute atomic E-state index is 0.167. The van der Waals surface area contributed by atoms with Gasteiger partial charge >= 0.3 is 5.97 Å². The minimum Gasteiger partial charge on any atom is -0.480 e. The van der Waals surface area contributed by atoms with Crippen LogP contribution in [0.2, 0.25) is 0 Å². The lowest BCUT2D eigenvalue weighted by Crippen LogP contribution is -2.33. The highest BCUT2D eigenvalue weighted by Gasteiger charge is 2.09. The molecule has 0 heterocycles. The van der Waals surface area contributed by atoms with Gasteiger partial charge in [-0.15, -0.1) is 0 Å². The fraction of sp³-hybridized carbons (Fsp3) is 0.889. The van der Waals surface area contributed by atoms with Crippen molar-refractivity contribution in [2.24, 2.45) is 5.92 Å². The molecule has 0 spiro atoms. The molecule has 3 nitrogen and oxygen atoms in total. The highest BCUT2D eigenvalue weighted by molar-refractivity contribution is 5.69. The highest BCUT2D eigenvalue weighted by atomic mass is 16.4. The second-order valence-electron chi connectivity index (χ2n) is 3.23. The largest absolute Gasteiger partial charge is 0.480 e. The van der Waals surface area contributed by atoms with Crippen molar-refractivity contribution in [3.05, 3.63) is 0 Å². The van der Waals surface area contributed by atoms with Crippen LogP contribution in [0.1, 0.15) is 27.2 Å². The Labute approximate surface area is 74.4 Å². The SMILES string of the molecule is CCC(C)CN(CC)CC(=O)O. The number of nitrogens with zero attached hydrogens (tertiary/aromatic N) is 1. The van der Waals surface area contributed by atoms with Crippen molar-refractivity contribution in [2.75, 3.05) is 19.6 Å². The van der Waals surface area contributed by atoms with Gasteiger partial charge in [0.2, 0.25) is 0 Å². The van der Waals surface area contributed by atoms with Crippen LogP contribution in [-0.2, 0) is 4.79 Å². The van der Waals surface area contributed by atoms with Crippen LogP contribution in [0.5, 0.6) is 0 Å². The van der Waals surface area contributed by atoms with Crippen molar-refractivity contribution in [2.45, 2.75) is 27.2 Å². The molecule has 0 aliphatic rings. The van der Waals surface area contributed by atoms with Crippen molar-refractivity contribution < 1.29 is 9.90 Å². The number of rotatable bonds is 6. The Bertz CT molecular complexity index is 136. The molecule has 0 radical (unpaired) electrons. The summed E-state index contributed by atoms with van der Waals surface area (Å²) in [7, 11) is 0. The number of hydrogen-bond acceptors (Lipinski definition) is 2. The van der Waals surface area contributed by atoms with Crippen LogP contribution >= 0.6 is 0 Å². The zero-order chi connectivity index (χ0) is 9.56. The quantitative estimate of drug-likeness (QED) is 0.660. The van der Waals surface area contributed by atoms with E-state index in [0.29, 0.717) is 5.92 Å². The molecule has 0 aromatic carbocycles. The van der Waals surface area contributed by atoms with Gasteiger partial charge in [-0.25, -0.2) is 0 Å². The maximum absolute atomic E-state index is 10.4. The monoisotopic (exact) mass is 173 g/mol. The van der Waals surface area contributed by atoms with Gasteiger partial charge in [0.15, 0.2) is 0 Å². The van der Waals surface area contributed by atoms with E-state index in [1.807, 2.05) is 11.8 Å². The molecule has 0 amide bonds. The summed E-state index contributed by atoms with van der Waals surface area (Å²) < 4.78 is 0. The third-order valence-corrected chi connectivity index (χ3v) is 2.07. The topological polar surface area (TPSA) is 40.5 Å². The summed E-state index contributed by atoms with van der Waals surface area (Å²) in [6.45, 7) is 8.13. The second kappa shape index (κ2) is 6.00. The average molecular weight is 173 g/mol. The zero-order valence-electron chi connectivity index (χ0n) is 8.21. The highest BCUT2D eigenvalue weighted by Crippen LogP contribution is 2.03. The first kappa shape index (κ1) is 11.4. The van der Waals surface area contributed by atoms with E-state index in [-0.39, 0.29) is 6.54 Å². The third kappa shape index (κ3) is 5.13. The van der Waals surface area contributed by atoms with Gasteiger partial charge < -0.3 is 5.11 Å². The lowest BCUT2D eigenvalue weighted by Gasteiger charge is -2.21. The molecule has 0 aliphatic heterocycles. The Morgan fingerprint density at radius 3 is 2.42 bits per heavy atom. The molecule has 1 N–H and O–H groups in total. The van der Waals surface area contributed by atoms with Gasteiger partial charge in [0.05, 0.1) is 6.54 Å². The van der Waals surface area contributed by atoms with Crippen molar-refractivity contribution in [1.82, 2.24) is 4.90 Å². The van der Waals surface area contributed by atoms with Crippen LogP contribution in [0, 0.1) is 5.92 Å². The van der Waals surface area contributed by atoms with E-state index in [4.69, 9.17) is 5.11 Å². The first-order chi connectivity index (χ1) is 5.60. The molecule has 1 unspecified atom stereocenters. The Morgan fingerprint density at radius 1 is 1.50 bits per heavy atom. The molecule has 12 heavy (non-hydrogen) atoms. The molecule has 0 aromatic heterocycles. The van der Waals surface area contributed by atoms with E-state index in [1.54, 1.807) is 0 Å². The van der Waals surface area contributed by atoms with E-state index in [0.717, 1.165) is 19.5 Å². The van der Waals surface area contributed by atoms with Crippen molar-refractivity contribution in [3.8, 4) is 0 Å². The summed E-state index contributed by atoms with van der Waals surface area (Å²) in [5.74, 6) is -0.149. The predicted octanol–water partition coefficient (Wildman–Crippen LogP) is 1.44. The summed E-state index contributed by atoms with van der Waals surface area (Å²) in [6, 6.07) is 0. The molecule has 0 aliphatic carbocycles. The van der Waals surface area contributed by atoms with Crippen LogP contribution in [-0.4, -0.2) is 35.6 Å². The smallest absolute Gasteiger partial charge is 0.317 e. The number of carboxylic acids is 1. The van der Waals surface area contributed by atoms with Crippen molar-refractivity contribution >= 4 is 5.97 Å². The van der Waals surface area contributed by atoms with Crippen LogP contribution in [0.25, 0.3) is 0 Å². The molecule has 0 fully saturated rings. The lowest BCUT2D eigenvalue weighted by molar-refractivity contribution is -0.138. The predicted molar refractivity (Wildman–Crippen MR) is 49.2 cm³/mol. The van der Waals surface area contributed by atoms with E-state index < -0.39 is 5.97 Å². The molecule has 0 aromatic rings. The number of likely N-dealkylation sites (N-methyl/N-ethyl adjacent to an activating group) is 1. The fourth-order valence-corrected chi connectivity index (χ4v) is 1.07. The molecule has 72 valence electrons. The van der Waals surface area contributed by atoms with Crippen LogP contribution in [0.3, 0.4) is 0 Å². The van der Waals surface area contributed by atoms with Gasteiger partial charge in [-0.2, -0.15) is 0 Å². The van der Waals surface area contributed by atoms with E-state index in [2.05, 4.69) is 13.8 Å². The molecule has 3 heteroatoms. The first-order valence-electron chi connectivity index (χ1n) is 4.54. The Balaban J connectivity index is 3.74. The Kier molecular flexibility index (Phi) is 5.72. The number of carboxylic acid groups (broad SMARTS) is 1. The van der Waals surface area contributed by atoms with Crippen molar-refractivity contribution in [3.63, 3.8) is 0 Å². The van der Waals surface area contributed by atoms with Gasteiger partial charge in [-0.1, -0.05) is 27.2 Å². The van der Waals surface area contributed by atoms with Crippen molar-refractivity contribution in [1.29, 1.82) is 0 Å². The van der Waals surface area contributed by atoms with Gasteiger partial charge in [0.1, 0.15) is 0 Å². The standard InChI is InChI=1S/C9H19NO2/c1-4-8(3)6-10(5-2)7-9(11)12/h8H,4-7H2,1-3H3,(H,11,12). The molecule has 0 saturated heterocycles. The van der Waals surface area contributed by atoms with Gasteiger partial charge in [-0.05, 0) is 12.5 Å². The number of hydrogen-bond donors (Lipinski definition) is 1. The van der Waals surface area contributed by atoms with Crippen LogP contribution < -0.4 is 0 Å². The van der Waals surface area contributed by atoms with E-state index in [9.17, 15) is 4.79 Å². The molecule has 0 bridgehead atoms. The first-order valence-corrected chi connectivity index (χ1v) is 4.54. The fourth-order valence-electron chi connectivity index (χ4n) is 1.07. The van der Waals surface area contributed by atoms with Gasteiger partial charge in [0, 0.05) is 6.54 Å². The number of aliphatic carboxylic acids is 1. The summed E-state index contributed by atoms with van der Waals surface area (Å²) in [6.07, 6.45) is 1.11. The lowest BCUT2D eigenvalue weighted by atomic mass is 10.1. The summed E-state index contributed by atoms with van der Waals surface area (Å²) in [4.78, 5) is 12.4. The zero-order valence-corrected chi connectivity index (χ0v) is 8.21. The Hall–Kier alpha value is -0.570. The molecular formula is C9H19NO2. The molecule has 1 atom stereocenters. The average Bonchev–Trinajstić information content (AvgIpc) is 2.02. The summed E-state index contributed by atoms with van der Waals surface area (Å²) in [5.41, 5.74) is 0. The van der Waals surface area contributed by atoms with Crippen LogP contribution in [0.4, 0.5) is 0 Å². The third-order valence-electron chi connectivity index (χ3n) is 2.07. The van der Waals surface area contributed by atoms with E-state index in [1.165, 1.54) is 0 Å². The van der Waals surface area contributed by atoms with Gasteiger partial charge in [0.25, 0.3) is 0 Å². The molecule has 0 rings (SSSR count). The summed E-state index contributed by atoms with van der Waals surface area (Å²) in [5, 5.41) is 8.56. The maximum Gasteiger partial charge on any atom is 0.317 e. The minimum atomic E-state index is -0.736. The number of carbonyl (C=O) groups is 1. The normalized spacial score (nSPS) is 13.3. The maximum atomic E-state index is 10.4. The molecular weight excluding hydrogens is 154 g/mol. The summed E-state index contributed by atoms with van der Waals surface area (Å²) >= 11 is 0. The van der Waals surface area contributed by atoms with E-state index >= 15 is 0 Å².